The minimum atomic E-state index is -0.932. The zero-order valence-corrected chi connectivity index (χ0v) is 50.9. The Morgan fingerprint density at radius 3 is 0.648 bits per heavy atom. The van der Waals surface area contributed by atoms with Crippen LogP contribution in [0.2, 0.25) is 0 Å². The minimum absolute atomic E-state index is 0. The van der Waals surface area contributed by atoms with Crippen molar-refractivity contribution >= 4 is 23.9 Å². The monoisotopic (exact) mass is 1050 g/mol. The van der Waals surface area contributed by atoms with E-state index < -0.39 is 11.9 Å². The second kappa shape index (κ2) is 62.8. The Bertz CT molecular complexity index is 1020. The molecule has 0 amide bonds. The molecule has 0 aliphatic rings. The molecule has 416 valence electrons. The predicted molar refractivity (Wildman–Crippen MR) is 293 cm³/mol. The average Bonchev–Trinajstić information content (AvgIpc) is 3.33. The van der Waals surface area contributed by atoms with Gasteiger partial charge in [0.15, 0.2) is 0 Å². The maximum absolute atomic E-state index is 12.4. The van der Waals surface area contributed by atoms with E-state index in [4.69, 9.17) is 9.47 Å². The number of carboxylic acids is 2. The fraction of sp³-hybridized carbons (Fsp3) is 0.935. The quantitative estimate of drug-likeness (QED) is 0.0334. The van der Waals surface area contributed by atoms with Crippen molar-refractivity contribution in [1.82, 2.24) is 0 Å². The molecule has 0 rings (SSSR count). The van der Waals surface area contributed by atoms with Gasteiger partial charge in [-0.3, -0.25) is 9.59 Å². The molecule has 0 spiro atoms. The van der Waals surface area contributed by atoms with Crippen molar-refractivity contribution < 1.29 is 58.3 Å². The van der Waals surface area contributed by atoms with Crippen molar-refractivity contribution in [3.63, 3.8) is 0 Å². The van der Waals surface area contributed by atoms with Gasteiger partial charge in [0.25, 0.3) is 0 Å². The van der Waals surface area contributed by atoms with Gasteiger partial charge in [0.2, 0.25) is 0 Å². The van der Waals surface area contributed by atoms with E-state index in [2.05, 4.69) is 27.7 Å². The van der Waals surface area contributed by atoms with Crippen LogP contribution in [0.5, 0.6) is 0 Å². The standard InChI is InChI=1S/2C31H60O4.Zn/c2*1-3-5-7-9-10-11-12-17-20-24-28-31(34)35-29(25-21-8-6-4-2)26-22-18-15-13-14-16-19-23-27-30(32)33;/h2*29H,3-28H2,1-2H3,(H,32,33);/q;;+2/p-2. The van der Waals surface area contributed by atoms with Crippen LogP contribution in [-0.4, -0.2) is 36.1 Å². The summed E-state index contributed by atoms with van der Waals surface area (Å²) in [7, 11) is 0. The van der Waals surface area contributed by atoms with Gasteiger partial charge in [-0.2, -0.15) is 0 Å². The molecule has 0 bridgehead atoms. The first-order valence-electron chi connectivity index (χ1n) is 31.0. The number of unbranched alkanes of at least 4 members (excludes halogenated alkanes) is 38. The van der Waals surface area contributed by atoms with Crippen molar-refractivity contribution in [2.75, 3.05) is 0 Å². The molecule has 2 atom stereocenters. The summed E-state index contributed by atoms with van der Waals surface area (Å²) in [5, 5.41) is 20.8. The van der Waals surface area contributed by atoms with Crippen LogP contribution in [0.3, 0.4) is 0 Å². The predicted octanol–water partition coefficient (Wildman–Crippen LogP) is 17.7. The van der Waals surface area contributed by atoms with Gasteiger partial charge < -0.3 is 29.3 Å². The fourth-order valence-corrected chi connectivity index (χ4v) is 9.53. The fourth-order valence-electron chi connectivity index (χ4n) is 9.53. The molecule has 9 heteroatoms. The molecule has 0 aromatic carbocycles. The third kappa shape index (κ3) is 64.6. The van der Waals surface area contributed by atoms with Crippen molar-refractivity contribution in [3.8, 4) is 0 Å². The van der Waals surface area contributed by atoms with Gasteiger partial charge in [-0.05, 0) is 89.9 Å². The molecule has 8 nitrogen and oxygen atoms in total. The molecule has 0 aromatic heterocycles. The summed E-state index contributed by atoms with van der Waals surface area (Å²) < 4.78 is 11.8. The summed E-state index contributed by atoms with van der Waals surface area (Å²) in [5.41, 5.74) is 0. The van der Waals surface area contributed by atoms with Crippen molar-refractivity contribution in [2.45, 2.75) is 374 Å². The SMILES string of the molecule is CCCCCCCCCCCCC(=O)OC(CCCCCC)CCCCCCCCCCC(=O)[O-].CCCCCCCCCCCCC(=O)OC(CCCCCC)CCCCCCCCCCC(=O)[O-].[Zn+2]. The smallest absolute Gasteiger partial charge is 0.550 e. The second-order valence-electron chi connectivity index (χ2n) is 21.3. The van der Waals surface area contributed by atoms with E-state index in [1.165, 1.54) is 193 Å². The molecule has 0 aliphatic heterocycles. The van der Waals surface area contributed by atoms with Crippen molar-refractivity contribution in [2.24, 2.45) is 0 Å². The van der Waals surface area contributed by atoms with Crippen LogP contribution in [0.4, 0.5) is 0 Å². The number of carboxylic acid groups (broad SMARTS) is 2. The first kappa shape index (κ1) is 73.7. The summed E-state index contributed by atoms with van der Waals surface area (Å²) >= 11 is 0. The molecule has 0 radical (unpaired) electrons. The van der Waals surface area contributed by atoms with Gasteiger partial charge in [0, 0.05) is 24.8 Å². The van der Waals surface area contributed by atoms with Gasteiger partial charge in [-0.15, -0.1) is 0 Å². The number of esters is 2. The second-order valence-corrected chi connectivity index (χ2v) is 21.3. The third-order valence-corrected chi connectivity index (χ3v) is 14.1. The van der Waals surface area contributed by atoms with Crippen LogP contribution in [0.1, 0.15) is 362 Å². The minimum Gasteiger partial charge on any atom is -0.550 e. The van der Waals surface area contributed by atoms with Crippen LogP contribution >= 0.6 is 0 Å². The summed E-state index contributed by atoms with van der Waals surface area (Å²) in [5.74, 6) is -1.83. The van der Waals surface area contributed by atoms with Gasteiger partial charge in [0.05, 0.1) is 0 Å². The normalized spacial score (nSPS) is 11.9. The van der Waals surface area contributed by atoms with Gasteiger partial charge in [-0.1, -0.05) is 259 Å². The van der Waals surface area contributed by atoms with Crippen LogP contribution in [0.15, 0.2) is 0 Å². The first-order chi connectivity index (χ1) is 34.2. The summed E-state index contributed by atoms with van der Waals surface area (Å²) in [4.78, 5) is 45.7. The number of carbonyl (C=O) groups is 4. The first-order valence-corrected chi connectivity index (χ1v) is 31.0. The number of carbonyl (C=O) groups excluding carboxylic acids is 4. The molecular weight excluding hydrogens is 938 g/mol. The molecule has 0 N–H and O–H groups in total. The maximum Gasteiger partial charge on any atom is 2.00 e. The van der Waals surface area contributed by atoms with E-state index in [1.807, 2.05) is 0 Å². The van der Waals surface area contributed by atoms with Gasteiger partial charge in [0.1, 0.15) is 12.2 Å². The Labute approximate surface area is 453 Å². The topological polar surface area (TPSA) is 133 Å². The summed E-state index contributed by atoms with van der Waals surface area (Å²) in [6, 6.07) is 0. The van der Waals surface area contributed by atoms with E-state index in [-0.39, 0.29) is 56.5 Å². The largest absolute Gasteiger partial charge is 2.00 e. The Balaban J connectivity index is -0.00000128. The third-order valence-electron chi connectivity index (χ3n) is 14.1. The van der Waals surface area contributed by atoms with Crippen LogP contribution in [0, 0.1) is 0 Å². The molecule has 0 aliphatic carbocycles. The van der Waals surface area contributed by atoms with E-state index in [0.717, 1.165) is 116 Å². The molecule has 0 aromatic rings. The summed E-state index contributed by atoms with van der Waals surface area (Å²) in [6.07, 6.45) is 58.8. The van der Waals surface area contributed by atoms with Crippen molar-refractivity contribution in [1.29, 1.82) is 0 Å². The zero-order valence-electron chi connectivity index (χ0n) is 47.9. The van der Waals surface area contributed by atoms with Crippen LogP contribution in [-0.2, 0) is 48.1 Å². The van der Waals surface area contributed by atoms with E-state index >= 15 is 0 Å². The molecular formula is C62H118O8Zn. The molecule has 0 saturated heterocycles. The molecule has 2 unspecified atom stereocenters. The number of ether oxygens (including phenoxy) is 2. The number of hydrogen-bond acceptors (Lipinski definition) is 8. The Morgan fingerprint density at radius 2 is 0.437 bits per heavy atom. The Kier molecular flexibility index (Phi) is 65.2. The number of hydrogen-bond donors (Lipinski definition) is 0. The van der Waals surface area contributed by atoms with Crippen molar-refractivity contribution in [3.05, 3.63) is 0 Å². The Hall–Kier alpha value is -1.50. The summed E-state index contributed by atoms with van der Waals surface area (Å²) in [6.45, 7) is 8.98. The Morgan fingerprint density at radius 1 is 0.268 bits per heavy atom. The van der Waals surface area contributed by atoms with E-state index in [1.54, 1.807) is 0 Å². The molecule has 0 heterocycles. The number of aliphatic carboxylic acids is 2. The van der Waals surface area contributed by atoms with Crippen LogP contribution in [0.25, 0.3) is 0 Å². The van der Waals surface area contributed by atoms with Gasteiger partial charge in [-0.25, -0.2) is 0 Å². The van der Waals surface area contributed by atoms with Gasteiger partial charge >= 0.3 is 31.4 Å². The number of rotatable bonds is 56. The average molecular weight is 1060 g/mol. The van der Waals surface area contributed by atoms with Crippen LogP contribution < -0.4 is 10.2 Å². The zero-order chi connectivity index (χ0) is 51.6. The molecule has 0 fully saturated rings. The van der Waals surface area contributed by atoms with E-state index in [0.29, 0.717) is 12.8 Å². The molecule has 0 saturated carbocycles. The maximum atomic E-state index is 12.4. The van der Waals surface area contributed by atoms with E-state index in [9.17, 15) is 29.4 Å². The molecule has 71 heavy (non-hydrogen) atoms.